The van der Waals surface area contributed by atoms with Crippen LogP contribution < -0.4 is 10.5 Å². The predicted molar refractivity (Wildman–Crippen MR) is 74.7 cm³/mol. The van der Waals surface area contributed by atoms with Gasteiger partial charge < -0.3 is 10.5 Å². The average molecular weight is 280 g/mol. The van der Waals surface area contributed by atoms with E-state index in [-0.39, 0.29) is 5.82 Å². The first-order chi connectivity index (χ1) is 9.22. The Bertz CT molecular complexity index is 525. The van der Waals surface area contributed by atoms with Gasteiger partial charge in [-0.25, -0.2) is 9.37 Å². The summed E-state index contributed by atoms with van der Waals surface area (Å²) in [6, 6.07) is 5.98. The van der Waals surface area contributed by atoms with Crippen molar-refractivity contribution >= 4 is 11.3 Å². The van der Waals surface area contributed by atoms with Gasteiger partial charge in [-0.15, -0.1) is 11.3 Å². The van der Waals surface area contributed by atoms with Gasteiger partial charge in [0.2, 0.25) is 0 Å². The second kappa shape index (κ2) is 6.63. The van der Waals surface area contributed by atoms with Crippen molar-refractivity contribution in [1.82, 2.24) is 4.98 Å². The molecule has 1 heterocycles. The van der Waals surface area contributed by atoms with Gasteiger partial charge in [0.05, 0.1) is 5.69 Å². The highest BCUT2D eigenvalue weighted by atomic mass is 32.1. The van der Waals surface area contributed by atoms with E-state index in [4.69, 9.17) is 10.5 Å². The highest BCUT2D eigenvalue weighted by molar-refractivity contribution is 7.11. The summed E-state index contributed by atoms with van der Waals surface area (Å²) in [5.74, 6) is 0.375. The quantitative estimate of drug-likeness (QED) is 0.883. The molecule has 0 aliphatic carbocycles. The minimum Gasteiger partial charge on any atom is -0.486 e. The van der Waals surface area contributed by atoms with Crippen LogP contribution >= 0.6 is 11.3 Å². The molecule has 1 aromatic heterocycles. The van der Waals surface area contributed by atoms with Crippen LogP contribution in [0.25, 0.3) is 0 Å². The molecule has 2 N–H and O–H groups in total. The zero-order chi connectivity index (χ0) is 13.7. The smallest absolute Gasteiger partial charge is 0.140 e. The number of hydrogen-bond acceptors (Lipinski definition) is 4. The van der Waals surface area contributed by atoms with Crippen LogP contribution in [0.1, 0.15) is 28.9 Å². The standard InChI is InChI=1S/C14H17FN2OS/c1-2-3-12-13(8-16)19-14(17-12)9-18-11-6-4-10(15)5-7-11/h4-7H,2-3,8-9,16H2,1H3. The molecule has 0 saturated heterocycles. The lowest BCUT2D eigenvalue weighted by atomic mass is 10.2. The zero-order valence-corrected chi connectivity index (χ0v) is 11.7. The molecule has 0 bridgehead atoms. The molecule has 19 heavy (non-hydrogen) atoms. The lowest BCUT2D eigenvalue weighted by Gasteiger charge is -2.03. The molecule has 0 atom stereocenters. The van der Waals surface area contributed by atoms with E-state index in [0.717, 1.165) is 28.4 Å². The molecular weight excluding hydrogens is 263 g/mol. The summed E-state index contributed by atoms with van der Waals surface area (Å²) in [4.78, 5) is 5.67. The molecule has 3 nitrogen and oxygen atoms in total. The van der Waals surface area contributed by atoms with E-state index in [0.29, 0.717) is 18.9 Å². The Morgan fingerprint density at radius 2 is 2.05 bits per heavy atom. The Hall–Kier alpha value is -1.46. The molecule has 2 rings (SSSR count). The third-order valence-electron chi connectivity index (χ3n) is 2.67. The Balaban J connectivity index is 2.01. The van der Waals surface area contributed by atoms with E-state index >= 15 is 0 Å². The van der Waals surface area contributed by atoms with Gasteiger partial charge >= 0.3 is 0 Å². The first-order valence-corrected chi connectivity index (χ1v) is 7.10. The maximum Gasteiger partial charge on any atom is 0.140 e. The number of benzene rings is 1. The number of halogens is 1. The molecule has 2 aromatic rings. The second-order valence-electron chi connectivity index (χ2n) is 4.17. The van der Waals surface area contributed by atoms with Gasteiger partial charge in [-0.05, 0) is 30.7 Å². The van der Waals surface area contributed by atoms with Gasteiger partial charge in [-0.3, -0.25) is 0 Å². The topological polar surface area (TPSA) is 48.1 Å². The number of ether oxygens (including phenoxy) is 1. The minimum atomic E-state index is -0.266. The van der Waals surface area contributed by atoms with Crippen molar-refractivity contribution in [3.05, 3.63) is 45.7 Å². The van der Waals surface area contributed by atoms with Crippen molar-refractivity contribution in [2.24, 2.45) is 5.73 Å². The summed E-state index contributed by atoms with van der Waals surface area (Å²) in [6.45, 7) is 3.03. The summed E-state index contributed by atoms with van der Waals surface area (Å²) in [5.41, 5.74) is 6.78. The van der Waals surface area contributed by atoms with Crippen molar-refractivity contribution < 1.29 is 9.13 Å². The number of rotatable bonds is 6. The fourth-order valence-electron chi connectivity index (χ4n) is 1.77. The Kier molecular flexibility index (Phi) is 4.87. The van der Waals surface area contributed by atoms with Gasteiger partial charge in [-0.1, -0.05) is 13.3 Å². The van der Waals surface area contributed by atoms with Crippen molar-refractivity contribution in [2.75, 3.05) is 0 Å². The van der Waals surface area contributed by atoms with Crippen LogP contribution in [0.2, 0.25) is 0 Å². The maximum absolute atomic E-state index is 12.8. The van der Waals surface area contributed by atoms with Crippen molar-refractivity contribution in [3.63, 3.8) is 0 Å². The summed E-state index contributed by atoms with van der Waals surface area (Å²) in [7, 11) is 0. The molecule has 0 unspecified atom stereocenters. The van der Waals surface area contributed by atoms with Crippen LogP contribution in [0.3, 0.4) is 0 Å². The fourth-order valence-corrected chi connectivity index (χ4v) is 2.67. The molecule has 1 aromatic carbocycles. The van der Waals surface area contributed by atoms with E-state index in [1.807, 2.05) is 0 Å². The van der Waals surface area contributed by atoms with Crippen molar-refractivity contribution in [2.45, 2.75) is 32.9 Å². The third-order valence-corrected chi connectivity index (χ3v) is 3.76. The number of nitrogens with zero attached hydrogens (tertiary/aromatic N) is 1. The summed E-state index contributed by atoms with van der Waals surface area (Å²) < 4.78 is 18.3. The lowest BCUT2D eigenvalue weighted by molar-refractivity contribution is 0.305. The van der Waals surface area contributed by atoms with Crippen LogP contribution in [-0.4, -0.2) is 4.98 Å². The molecule has 102 valence electrons. The normalized spacial score (nSPS) is 10.7. The van der Waals surface area contributed by atoms with Gasteiger partial charge in [0.25, 0.3) is 0 Å². The molecule has 0 saturated carbocycles. The molecule has 0 aliphatic rings. The van der Waals surface area contributed by atoms with Crippen molar-refractivity contribution in [1.29, 1.82) is 0 Å². The molecule has 0 spiro atoms. The maximum atomic E-state index is 12.8. The van der Waals surface area contributed by atoms with Gasteiger partial charge in [0, 0.05) is 11.4 Å². The molecule has 0 aliphatic heterocycles. The Morgan fingerprint density at radius 1 is 1.32 bits per heavy atom. The number of thiazole rings is 1. The predicted octanol–water partition coefficient (Wildman–Crippen LogP) is 3.27. The van der Waals surface area contributed by atoms with Gasteiger partial charge in [-0.2, -0.15) is 0 Å². The number of aryl methyl sites for hydroxylation is 1. The van der Waals surface area contributed by atoms with Crippen molar-refractivity contribution in [3.8, 4) is 5.75 Å². The molecule has 0 radical (unpaired) electrons. The van der Waals surface area contributed by atoms with Gasteiger partial charge in [0.1, 0.15) is 23.2 Å². The van der Waals surface area contributed by atoms with Gasteiger partial charge in [0.15, 0.2) is 0 Å². The Labute approximate surface area is 116 Å². The van der Waals surface area contributed by atoms with E-state index < -0.39 is 0 Å². The SMILES string of the molecule is CCCc1nc(COc2ccc(F)cc2)sc1CN. The third kappa shape index (κ3) is 3.75. The average Bonchev–Trinajstić information content (AvgIpc) is 2.81. The zero-order valence-electron chi connectivity index (χ0n) is 10.9. The molecule has 5 heteroatoms. The highest BCUT2D eigenvalue weighted by Gasteiger charge is 2.09. The highest BCUT2D eigenvalue weighted by Crippen LogP contribution is 2.21. The first-order valence-electron chi connectivity index (χ1n) is 6.28. The fraction of sp³-hybridized carbons (Fsp3) is 0.357. The van der Waals surface area contributed by atoms with E-state index in [2.05, 4.69) is 11.9 Å². The number of aromatic nitrogens is 1. The van der Waals surface area contributed by atoms with E-state index in [1.165, 1.54) is 12.1 Å². The van der Waals surface area contributed by atoms with Crippen LogP contribution in [-0.2, 0) is 19.6 Å². The first kappa shape index (κ1) is 14.0. The van der Waals surface area contributed by atoms with Crippen LogP contribution in [0.5, 0.6) is 5.75 Å². The molecular formula is C14H17FN2OS. The summed E-state index contributed by atoms with van der Waals surface area (Å²) >= 11 is 1.59. The van der Waals surface area contributed by atoms with Crippen LogP contribution in [0.4, 0.5) is 4.39 Å². The van der Waals surface area contributed by atoms with Crippen LogP contribution in [0.15, 0.2) is 24.3 Å². The summed E-state index contributed by atoms with van der Waals surface area (Å²) in [6.07, 6.45) is 1.99. The number of nitrogens with two attached hydrogens (primary N) is 1. The minimum absolute atomic E-state index is 0.266. The Morgan fingerprint density at radius 3 is 2.68 bits per heavy atom. The monoisotopic (exact) mass is 280 g/mol. The second-order valence-corrected chi connectivity index (χ2v) is 5.34. The summed E-state index contributed by atoms with van der Waals surface area (Å²) in [5, 5.41) is 0.910. The number of hydrogen-bond donors (Lipinski definition) is 1. The van der Waals surface area contributed by atoms with Crippen LogP contribution in [0, 0.1) is 5.82 Å². The largest absolute Gasteiger partial charge is 0.486 e. The lowest BCUT2D eigenvalue weighted by Crippen LogP contribution is -1.98. The molecule has 0 amide bonds. The molecule has 0 fully saturated rings. The van der Waals surface area contributed by atoms with E-state index in [9.17, 15) is 4.39 Å². The van der Waals surface area contributed by atoms with E-state index in [1.54, 1.807) is 23.5 Å².